The van der Waals surface area contributed by atoms with Gasteiger partial charge in [-0.15, -0.1) is 0 Å². The minimum Gasteiger partial charge on any atom is -0.493 e. The molecule has 0 unspecified atom stereocenters. The summed E-state index contributed by atoms with van der Waals surface area (Å²) < 4.78 is 31.8. The van der Waals surface area contributed by atoms with Crippen LogP contribution in [-0.4, -0.2) is 48.3 Å². The van der Waals surface area contributed by atoms with Crippen LogP contribution in [0.25, 0.3) is 32.9 Å². The number of halogens is 1. The zero-order valence-electron chi connectivity index (χ0n) is 32.2. The van der Waals surface area contributed by atoms with Gasteiger partial charge >= 0.3 is 0 Å². The monoisotopic (exact) mass is 730 g/mol. The molecule has 3 aromatic heterocycles. The average molecular weight is 731 g/mol. The van der Waals surface area contributed by atoms with Crippen molar-refractivity contribution in [2.75, 3.05) is 33.6 Å². The SMILES string of the molecule is C=C(C)/C(C)=C\C=C(C)C.CNC.COc1cc2ncnc(Oc3ccc(Nc4nccc5[nH]cc(-c6ccc(C)cc6)c(=O)c45)cc3F)c2cc1OC. The van der Waals surface area contributed by atoms with Crippen LogP contribution < -0.4 is 30.3 Å². The molecular formula is C43H47FN6O4. The molecular weight excluding hydrogens is 684 g/mol. The van der Waals surface area contributed by atoms with Crippen molar-refractivity contribution in [1.29, 1.82) is 0 Å². The molecule has 0 saturated heterocycles. The van der Waals surface area contributed by atoms with Crippen LogP contribution in [0.5, 0.6) is 23.1 Å². The van der Waals surface area contributed by atoms with Gasteiger partial charge < -0.3 is 29.8 Å². The second kappa shape index (κ2) is 19.0. The van der Waals surface area contributed by atoms with Crippen molar-refractivity contribution in [1.82, 2.24) is 25.3 Å². The molecule has 0 atom stereocenters. The maximum Gasteiger partial charge on any atom is 0.230 e. The largest absolute Gasteiger partial charge is 0.493 e. The first kappa shape index (κ1) is 40.4. The minimum atomic E-state index is -0.642. The van der Waals surface area contributed by atoms with Crippen LogP contribution in [0.4, 0.5) is 15.9 Å². The van der Waals surface area contributed by atoms with Gasteiger partial charge in [0.15, 0.2) is 23.1 Å². The molecule has 0 aliphatic rings. The number of hydrogen-bond acceptors (Lipinski definition) is 9. The number of benzene rings is 3. The summed E-state index contributed by atoms with van der Waals surface area (Å²) in [6, 6.07) is 17.1. The molecule has 10 nitrogen and oxygen atoms in total. The van der Waals surface area contributed by atoms with Crippen LogP contribution in [0.3, 0.4) is 0 Å². The molecule has 0 bridgehead atoms. The molecule has 0 fully saturated rings. The Morgan fingerprint density at radius 3 is 2.19 bits per heavy atom. The van der Waals surface area contributed by atoms with Crippen LogP contribution in [0.1, 0.15) is 33.3 Å². The lowest BCUT2D eigenvalue weighted by Crippen LogP contribution is -2.10. The Hall–Kier alpha value is -6.33. The molecule has 54 heavy (non-hydrogen) atoms. The molecule has 0 radical (unpaired) electrons. The zero-order chi connectivity index (χ0) is 39.4. The third kappa shape index (κ3) is 10.2. The van der Waals surface area contributed by atoms with Crippen LogP contribution in [0.15, 0.2) is 120 Å². The summed E-state index contributed by atoms with van der Waals surface area (Å²) in [4.78, 5) is 29.5. The normalized spacial score (nSPS) is 10.7. The number of allylic oxidation sites excluding steroid dienone is 5. The fraction of sp³-hybridized carbons (Fsp3) is 0.209. The van der Waals surface area contributed by atoms with Crippen molar-refractivity contribution in [2.24, 2.45) is 0 Å². The number of rotatable bonds is 9. The van der Waals surface area contributed by atoms with E-state index < -0.39 is 5.82 Å². The van der Waals surface area contributed by atoms with Gasteiger partial charge in [-0.3, -0.25) is 4.79 Å². The Morgan fingerprint density at radius 1 is 0.870 bits per heavy atom. The molecule has 3 heterocycles. The first-order chi connectivity index (χ1) is 25.9. The van der Waals surface area contributed by atoms with E-state index in [-0.39, 0.29) is 17.1 Å². The standard InChI is InChI=1S/C31H24FN5O4.C10H16.C2H7N/c1-17-4-6-18(7-5-17)21-15-34-23-10-11-33-30(28(23)29(21)38)37-19-8-9-25(22(32)12-19)41-31-20-13-26(39-2)27(40-3)14-24(20)35-16-36-31;1-8(2)6-7-10(5)9(3)4;1-3-2/h4-16H,1-3H3,(H,33,37)(H,34,38);6-7H,3H2,1-2,4-5H3;3H,1-2H3/b;10-7-;. The highest BCUT2D eigenvalue weighted by atomic mass is 19.1. The number of methoxy groups -OCH3 is 2. The Labute approximate surface area is 315 Å². The van der Waals surface area contributed by atoms with E-state index in [1.165, 1.54) is 43.8 Å². The maximum absolute atomic E-state index is 15.3. The van der Waals surface area contributed by atoms with Gasteiger partial charge in [-0.1, -0.05) is 59.7 Å². The number of H-pyrrole nitrogens is 1. The molecule has 6 aromatic rings. The number of pyridine rings is 2. The van der Waals surface area contributed by atoms with E-state index in [9.17, 15) is 4.79 Å². The zero-order valence-corrected chi connectivity index (χ0v) is 32.2. The third-order valence-electron chi connectivity index (χ3n) is 8.00. The van der Waals surface area contributed by atoms with Crippen molar-refractivity contribution in [3.63, 3.8) is 0 Å². The van der Waals surface area contributed by atoms with E-state index in [4.69, 9.17) is 14.2 Å². The Bertz CT molecular complexity index is 2360. The number of aromatic nitrogens is 4. The molecule has 0 saturated carbocycles. The predicted molar refractivity (Wildman–Crippen MR) is 218 cm³/mol. The summed E-state index contributed by atoms with van der Waals surface area (Å²) in [5.41, 5.74) is 7.44. The molecule has 6 rings (SSSR count). The number of fused-ring (bicyclic) bond motifs is 2. The molecule has 0 amide bonds. The topological polar surface area (TPSA) is 123 Å². The number of hydrogen-bond donors (Lipinski definition) is 3. The number of ether oxygens (including phenoxy) is 3. The van der Waals surface area contributed by atoms with Crippen LogP contribution in [0.2, 0.25) is 0 Å². The average Bonchev–Trinajstić information content (AvgIpc) is 3.15. The van der Waals surface area contributed by atoms with Crippen molar-refractivity contribution >= 4 is 33.3 Å². The summed E-state index contributed by atoms with van der Waals surface area (Å²) in [6.45, 7) is 14.1. The van der Waals surface area contributed by atoms with Crippen LogP contribution >= 0.6 is 0 Å². The molecule has 0 aliphatic carbocycles. The third-order valence-corrected chi connectivity index (χ3v) is 8.00. The number of aryl methyl sites for hydroxylation is 1. The quantitative estimate of drug-likeness (QED) is 0.125. The first-order valence-electron chi connectivity index (χ1n) is 17.1. The van der Waals surface area contributed by atoms with E-state index in [2.05, 4.69) is 70.1 Å². The Morgan fingerprint density at radius 2 is 1.56 bits per heavy atom. The molecule has 11 heteroatoms. The molecule has 3 N–H and O–H groups in total. The highest BCUT2D eigenvalue weighted by Gasteiger charge is 2.16. The smallest absolute Gasteiger partial charge is 0.230 e. The van der Waals surface area contributed by atoms with Crippen LogP contribution in [-0.2, 0) is 0 Å². The van der Waals surface area contributed by atoms with E-state index in [0.717, 1.165) is 16.7 Å². The van der Waals surface area contributed by atoms with Crippen molar-refractivity contribution < 1.29 is 18.6 Å². The van der Waals surface area contributed by atoms with E-state index in [0.29, 0.717) is 50.4 Å². The lowest BCUT2D eigenvalue weighted by Gasteiger charge is -2.13. The second-order valence-electron chi connectivity index (χ2n) is 12.6. The van der Waals surface area contributed by atoms with Gasteiger partial charge in [-0.25, -0.2) is 19.3 Å². The first-order valence-corrected chi connectivity index (χ1v) is 17.1. The highest BCUT2D eigenvalue weighted by molar-refractivity contribution is 5.93. The lowest BCUT2D eigenvalue weighted by molar-refractivity contribution is 0.355. The molecule has 0 spiro atoms. The van der Waals surface area contributed by atoms with Crippen LogP contribution in [0, 0.1) is 12.7 Å². The molecule has 280 valence electrons. The van der Waals surface area contributed by atoms with Crippen molar-refractivity contribution in [3.05, 3.63) is 136 Å². The van der Waals surface area contributed by atoms with E-state index in [1.807, 2.05) is 52.2 Å². The number of nitrogens with one attached hydrogen (secondary N) is 3. The summed E-state index contributed by atoms with van der Waals surface area (Å²) in [7, 11) is 6.79. The maximum atomic E-state index is 15.3. The highest BCUT2D eigenvalue weighted by Crippen LogP contribution is 2.37. The summed E-state index contributed by atoms with van der Waals surface area (Å²) in [5, 5.41) is 6.72. The van der Waals surface area contributed by atoms with Gasteiger partial charge in [0.25, 0.3) is 0 Å². The summed E-state index contributed by atoms with van der Waals surface area (Å²) in [5.74, 6) is 0.725. The summed E-state index contributed by atoms with van der Waals surface area (Å²) >= 11 is 0. The molecule has 3 aromatic carbocycles. The number of aromatic amines is 1. The fourth-order valence-corrected chi connectivity index (χ4v) is 4.98. The van der Waals surface area contributed by atoms with Gasteiger partial charge in [0.05, 0.1) is 36.0 Å². The van der Waals surface area contributed by atoms with Gasteiger partial charge in [-0.05, 0) is 84.1 Å². The molecule has 0 aliphatic heterocycles. The van der Waals surface area contributed by atoms with E-state index in [1.54, 1.807) is 36.7 Å². The van der Waals surface area contributed by atoms with Crippen molar-refractivity contribution in [3.8, 4) is 34.3 Å². The van der Waals surface area contributed by atoms with E-state index >= 15 is 4.39 Å². The van der Waals surface area contributed by atoms with Gasteiger partial charge in [0.2, 0.25) is 11.3 Å². The lowest BCUT2D eigenvalue weighted by atomic mass is 10.0. The minimum absolute atomic E-state index is 0.0456. The predicted octanol–water partition coefficient (Wildman–Crippen LogP) is 9.84. The van der Waals surface area contributed by atoms with Gasteiger partial charge in [0.1, 0.15) is 12.1 Å². The fourth-order valence-electron chi connectivity index (χ4n) is 4.98. The second-order valence-corrected chi connectivity index (χ2v) is 12.6. The summed E-state index contributed by atoms with van der Waals surface area (Å²) in [6.07, 6.45) is 8.78. The van der Waals surface area contributed by atoms with Gasteiger partial charge in [0, 0.05) is 35.8 Å². The Balaban J connectivity index is 0.000000431. The number of nitrogens with zero attached hydrogens (tertiary/aromatic N) is 3. The Kier molecular flexibility index (Phi) is 14.2. The van der Waals surface area contributed by atoms with Gasteiger partial charge in [-0.2, -0.15) is 0 Å². The number of anilines is 2. The van der Waals surface area contributed by atoms with Crippen molar-refractivity contribution in [2.45, 2.75) is 34.6 Å².